The molecule has 0 radical (unpaired) electrons. The number of benzene rings is 2. The van der Waals surface area contributed by atoms with Crippen LogP contribution in [0.3, 0.4) is 0 Å². The predicted octanol–water partition coefficient (Wildman–Crippen LogP) is 5.15. The van der Waals surface area contributed by atoms with Crippen LogP contribution in [-0.2, 0) is 0 Å². The van der Waals surface area contributed by atoms with E-state index in [0.29, 0.717) is 10.0 Å². The third-order valence-corrected chi connectivity index (χ3v) is 4.39. The summed E-state index contributed by atoms with van der Waals surface area (Å²) in [7, 11) is 0. The molecule has 0 fully saturated rings. The molecule has 94 valence electrons. The van der Waals surface area contributed by atoms with E-state index in [1.807, 2.05) is 19.1 Å². The lowest BCUT2D eigenvalue weighted by Gasteiger charge is -2.13. The van der Waals surface area contributed by atoms with Crippen molar-refractivity contribution in [1.82, 2.24) is 0 Å². The molecule has 2 rings (SSSR count). The molecular formula is C14H11BrCl2O. The number of halogens is 3. The van der Waals surface area contributed by atoms with Crippen LogP contribution in [-0.4, -0.2) is 5.11 Å². The summed E-state index contributed by atoms with van der Waals surface area (Å²) >= 11 is 15.3. The summed E-state index contributed by atoms with van der Waals surface area (Å²) in [6.07, 6.45) is -0.711. The molecule has 1 N–H and O–H groups in total. The number of hydrogen-bond acceptors (Lipinski definition) is 1. The second-order valence-corrected chi connectivity index (χ2v) is 5.75. The predicted molar refractivity (Wildman–Crippen MR) is 79.4 cm³/mol. The highest BCUT2D eigenvalue weighted by molar-refractivity contribution is 9.10. The number of aliphatic hydroxyl groups is 1. The molecule has 0 amide bonds. The average Bonchev–Trinajstić information content (AvgIpc) is 2.35. The molecule has 2 aromatic carbocycles. The molecule has 0 aliphatic carbocycles. The SMILES string of the molecule is Cc1ccc(C(O)c2ccc(Cl)c(Br)c2)cc1Cl. The van der Waals surface area contributed by atoms with E-state index in [2.05, 4.69) is 15.9 Å². The number of aryl methyl sites for hydroxylation is 1. The van der Waals surface area contributed by atoms with E-state index in [9.17, 15) is 5.11 Å². The Morgan fingerprint density at radius 3 is 2.22 bits per heavy atom. The highest BCUT2D eigenvalue weighted by atomic mass is 79.9. The molecule has 1 nitrogen and oxygen atoms in total. The Kier molecular flexibility index (Phi) is 4.33. The minimum atomic E-state index is -0.711. The van der Waals surface area contributed by atoms with E-state index in [1.165, 1.54) is 0 Å². The van der Waals surface area contributed by atoms with Crippen molar-refractivity contribution < 1.29 is 5.11 Å². The first-order valence-corrected chi connectivity index (χ1v) is 6.93. The first-order valence-electron chi connectivity index (χ1n) is 5.38. The molecule has 18 heavy (non-hydrogen) atoms. The quantitative estimate of drug-likeness (QED) is 0.798. The van der Waals surface area contributed by atoms with Crippen LogP contribution in [0.2, 0.25) is 10.0 Å². The Morgan fingerprint density at radius 2 is 1.61 bits per heavy atom. The van der Waals surface area contributed by atoms with E-state index in [-0.39, 0.29) is 0 Å². The minimum Gasteiger partial charge on any atom is -0.384 e. The van der Waals surface area contributed by atoms with Crippen LogP contribution in [0.4, 0.5) is 0 Å². The van der Waals surface area contributed by atoms with Gasteiger partial charge in [0, 0.05) is 9.50 Å². The minimum absolute atomic E-state index is 0.618. The summed E-state index contributed by atoms with van der Waals surface area (Å²) in [4.78, 5) is 0. The normalized spacial score (nSPS) is 12.5. The van der Waals surface area contributed by atoms with Gasteiger partial charge in [0.25, 0.3) is 0 Å². The molecule has 0 aliphatic rings. The van der Waals surface area contributed by atoms with Crippen molar-refractivity contribution in [2.45, 2.75) is 13.0 Å². The Balaban J connectivity index is 2.37. The molecule has 0 aliphatic heterocycles. The number of rotatable bonds is 2. The Morgan fingerprint density at radius 1 is 1.00 bits per heavy atom. The van der Waals surface area contributed by atoms with Gasteiger partial charge in [-0.3, -0.25) is 0 Å². The van der Waals surface area contributed by atoms with Gasteiger partial charge in [0.15, 0.2) is 0 Å². The van der Waals surface area contributed by atoms with Gasteiger partial charge in [-0.2, -0.15) is 0 Å². The fourth-order valence-electron chi connectivity index (χ4n) is 1.65. The molecule has 0 spiro atoms. The lowest BCUT2D eigenvalue weighted by Crippen LogP contribution is -2.00. The summed E-state index contributed by atoms with van der Waals surface area (Å²) in [6, 6.07) is 10.9. The maximum absolute atomic E-state index is 10.3. The van der Waals surface area contributed by atoms with Crippen molar-refractivity contribution in [1.29, 1.82) is 0 Å². The van der Waals surface area contributed by atoms with Gasteiger partial charge in [-0.05, 0) is 57.7 Å². The maximum Gasteiger partial charge on any atom is 0.104 e. The number of aliphatic hydroxyl groups excluding tert-OH is 1. The zero-order chi connectivity index (χ0) is 13.3. The average molecular weight is 346 g/mol. The van der Waals surface area contributed by atoms with Gasteiger partial charge < -0.3 is 5.11 Å². The first-order chi connectivity index (χ1) is 8.49. The van der Waals surface area contributed by atoms with E-state index in [4.69, 9.17) is 23.2 Å². The molecule has 1 unspecified atom stereocenters. The van der Waals surface area contributed by atoms with Crippen molar-refractivity contribution in [2.75, 3.05) is 0 Å². The van der Waals surface area contributed by atoms with E-state index < -0.39 is 6.10 Å². The summed E-state index contributed by atoms with van der Waals surface area (Å²) in [5.41, 5.74) is 2.52. The molecule has 0 saturated carbocycles. The van der Waals surface area contributed by atoms with Crippen molar-refractivity contribution in [3.63, 3.8) is 0 Å². The molecular weight excluding hydrogens is 335 g/mol. The van der Waals surface area contributed by atoms with Gasteiger partial charge in [-0.25, -0.2) is 0 Å². The Hall–Kier alpha value is -0.540. The monoisotopic (exact) mass is 344 g/mol. The maximum atomic E-state index is 10.3. The highest BCUT2D eigenvalue weighted by Crippen LogP contribution is 2.30. The standard InChI is InChI=1S/C14H11BrCl2O/c1-8-2-3-10(7-13(8)17)14(18)9-4-5-12(16)11(15)6-9/h2-7,14,18H,1H3. The molecule has 1 atom stereocenters. The smallest absolute Gasteiger partial charge is 0.104 e. The summed E-state index contributed by atoms with van der Waals surface area (Å²) < 4.78 is 0.763. The number of hydrogen-bond donors (Lipinski definition) is 1. The molecule has 0 bridgehead atoms. The van der Waals surface area contributed by atoms with Crippen molar-refractivity contribution in [2.24, 2.45) is 0 Å². The van der Waals surface area contributed by atoms with Gasteiger partial charge in [0.2, 0.25) is 0 Å². The summed E-state index contributed by atoms with van der Waals surface area (Å²) in [5, 5.41) is 11.6. The van der Waals surface area contributed by atoms with E-state index >= 15 is 0 Å². The van der Waals surface area contributed by atoms with Gasteiger partial charge in [-0.15, -0.1) is 0 Å². The van der Waals surface area contributed by atoms with Crippen LogP contribution in [0.15, 0.2) is 40.9 Å². The summed E-state index contributed by atoms with van der Waals surface area (Å²) in [5.74, 6) is 0. The van der Waals surface area contributed by atoms with Gasteiger partial charge in [0.1, 0.15) is 6.10 Å². The third-order valence-electron chi connectivity index (χ3n) is 2.77. The van der Waals surface area contributed by atoms with Crippen LogP contribution in [0.1, 0.15) is 22.8 Å². The fourth-order valence-corrected chi connectivity index (χ4v) is 2.36. The second kappa shape index (κ2) is 5.62. The Labute approximate surface area is 124 Å². The summed E-state index contributed by atoms with van der Waals surface area (Å²) in [6.45, 7) is 1.93. The molecule has 4 heteroatoms. The van der Waals surface area contributed by atoms with E-state index in [0.717, 1.165) is 21.2 Å². The fraction of sp³-hybridized carbons (Fsp3) is 0.143. The lowest BCUT2D eigenvalue weighted by atomic mass is 10.0. The third kappa shape index (κ3) is 2.89. The topological polar surface area (TPSA) is 20.2 Å². The van der Waals surface area contributed by atoms with Crippen LogP contribution in [0, 0.1) is 6.92 Å². The Bertz CT molecular complexity index is 533. The first kappa shape index (κ1) is 13.9. The van der Waals surface area contributed by atoms with Crippen molar-refractivity contribution >= 4 is 39.1 Å². The molecule has 0 saturated heterocycles. The molecule has 2 aromatic rings. The zero-order valence-electron chi connectivity index (χ0n) is 9.62. The largest absolute Gasteiger partial charge is 0.384 e. The van der Waals surface area contributed by atoms with Gasteiger partial charge in [0.05, 0.1) is 5.02 Å². The zero-order valence-corrected chi connectivity index (χ0v) is 12.7. The molecule has 0 heterocycles. The van der Waals surface area contributed by atoms with Gasteiger partial charge >= 0.3 is 0 Å². The molecule has 0 aromatic heterocycles. The van der Waals surface area contributed by atoms with Crippen molar-refractivity contribution in [3.8, 4) is 0 Å². The van der Waals surface area contributed by atoms with E-state index in [1.54, 1.807) is 24.3 Å². The van der Waals surface area contributed by atoms with Crippen LogP contribution in [0.25, 0.3) is 0 Å². The lowest BCUT2D eigenvalue weighted by molar-refractivity contribution is 0.220. The van der Waals surface area contributed by atoms with Crippen molar-refractivity contribution in [3.05, 3.63) is 67.6 Å². The van der Waals surface area contributed by atoms with Crippen LogP contribution < -0.4 is 0 Å². The van der Waals surface area contributed by atoms with Crippen LogP contribution in [0.5, 0.6) is 0 Å². The second-order valence-electron chi connectivity index (χ2n) is 4.08. The van der Waals surface area contributed by atoms with Crippen LogP contribution >= 0.6 is 39.1 Å². The van der Waals surface area contributed by atoms with Gasteiger partial charge in [-0.1, -0.05) is 41.4 Å². The highest BCUT2D eigenvalue weighted by Gasteiger charge is 2.12.